The van der Waals surface area contributed by atoms with Crippen LogP contribution in [0.3, 0.4) is 0 Å². The number of carbonyl (C=O) groups is 2. The van der Waals surface area contributed by atoms with Crippen LogP contribution < -0.4 is 0 Å². The maximum atomic E-state index is 10.5. The number of carboxylic acids is 1. The van der Waals surface area contributed by atoms with E-state index in [-0.39, 0.29) is 6.42 Å². The van der Waals surface area contributed by atoms with Crippen molar-refractivity contribution >= 4 is 11.8 Å². The molecule has 0 amide bonds. The molecule has 0 rings (SSSR count). The highest BCUT2D eigenvalue weighted by Crippen LogP contribution is 1.92. The molecule has 0 fully saturated rings. The maximum Gasteiger partial charge on any atom is 0.372 e. The third kappa shape index (κ3) is 5.33. The quantitative estimate of drug-likeness (QED) is 0.483. The van der Waals surface area contributed by atoms with Gasteiger partial charge in [0.1, 0.15) is 0 Å². The summed E-state index contributed by atoms with van der Waals surface area (Å²) in [6.45, 7) is 2.02. The van der Waals surface area contributed by atoms with Crippen molar-refractivity contribution in [3.8, 4) is 0 Å². The largest absolute Gasteiger partial charge is 0.475 e. The van der Waals surface area contributed by atoms with Crippen LogP contribution in [-0.2, 0) is 9.59 Å². The minimum Gasteiger partial charge on any atom is -0.475 e. The third-order valence-corrected chi connectivity index (χ3v) is 1.16. The first-order chi connectivity index (χ1) is 5.18. The Morgan fingerprint density at radius 3 is 2.45 bits per heavy atom. The van der Waals surface area contributed by atoms with Crippen LogP contribution in [0.2, 0.25) is 0 Å². The van der Waals surface area contributed by atoms with Gasteiger partial charge in [-0.25, -0.2) is 4.79 Å². The van der Waals surface area contributed by atoms with Crippen LogP contribution in [-0.4, -0.2) is 16.9 Å². The van der Waals surface area contributed by atoms with Gasteiger partial charge in [0, 0.05) is 6.42 Å². The number of hydrogen-bond acceptors (Lipinski definition) is 2. The predicted molar refractivity (Wildman–Crippen MR) is 41.3 cm³/mol. The number of rotatable bonds is 5. The van der Waals surface area contributed by atoms with Crippen LogP contribution in [0.25, 0.3) is 0 Å². The number of ketones is 1. The van der Waals surface area contributed by atoms with Crippen molar-refractivity contribution in [1.82, 2.24) is 0 Å². The van der Waals surface area contributed by atoms with Crippen LogP contribution >= 0.6 is 0 Å². The highest BCUT2D eigenvalue weighted by Gasteiger charge is 2.07. The fraction of sp³-hybridized carbons (Fsp3) is 0.500. The summed E-state index contributed by atoms with van der Waals surface area (Å²) in [6, 6.07) is 0. The first-order valence-corrected chi connectivity index (χ1v) is 3.59. The molecule has 0 heterocycles. The van der Waals surface area contributed by atoms with E-state index < -0.39 is 11.8 Å². The van der Waals surface area contributed by atoms with Gasteiger partial charge in [-0.15, -0.1) is 0 Å². The van der Waals surface area contributed by atoms with Gasteiger partial charge in [0.25, 0.3) is 0 Å². The van der Waals surface area contributed by atoms with E-state index in [0.29, 0.717) is 0 Å². The van der Waals surface area contributed by atoms with E-state index in [1.807, 2.05) is 13.0 Å². The monoisotopic (exact) mass is 156 g/mol. The smallest absolute Gasteiger partial charge is 0.372 e. The van der Waals surface area contributed by atoms with Gasteiger partial charge in [-0.05, 0) is 6.42 Å². The molecule has 0 atom stereocenters. The topological polar surface area (TPSA) is 54.4 Å². The predicted octanol–water partition coefficient (Wildman–Crippen LogP) is 1.39. The van der Waals surface area contributed by atoms with Crippen LogP contribution in [0.4, 0.5) is 0 Å². The first-order valence-electron chi connectivity index (χ1n) is 3.59. The zero-order chi connectivity index (χ0) is 8.69. The van der Waals surface area contributed by atoms with Crippen molar-refractivity contribution in [3.05, 3.63) is 12.2 Å². The van der Waals surface area contributed by atoms with E-state index >= 15 is 0 Å². The second kappa shape index (κ2) is 5.65. The van der Waals surface area contributed by atoms with Crippen molar-refractivity contribution in [3.63, 3.8) is 0 Å². The van der Waals surface area contributed by atoms with Crippen molar-refractivity contribution in [1.29, 1.82) is 0 Å². The van der Waals surface area contributed by atoms with E-state index in [4.69, 9.17) is 5.11 Å². The number of unbranched alkanes of at least 4 members (excludes halogenated alkanes) is 1. The van der Waals surface area contributed by atoms with Gasteiger partial charge in [0.05, 0.1) is 0 Å². The number of aliphatic carboxylic acids is 1. The Morgan fingerprint density at radius 1 is 1.36 bits per heavy atom. The van der Waals surface area contributed by atoms with E-state index in [9.17, 15) is 9.59 Å². The standard InChI is InChI=1S/C8H12O3/c1-2-3-4-5-6-7(9)8(10)11/h4-5H,2-3,6H2,1H3,(H,10,11)/b5-4+. The second-order valence-corrected chi connectivity index (χ2v) is 2.19. The number of carboxylic acid groups (broad SMARTS) is 1. The molecule has 0 aliphatic heterocycles. The molecule has 1 N–H and O–H groups in total. The summed E-state index contributed by atoms with van der Waals surface area (Å²) in [5.41, 5.74) is 0. The SMILES string of the molecule is CCC/C=C/CC(=O)C(=O)O. The first kappa shape index (κ1) is 9.88. The summed E-state index contributed by atoms with van der Waals surface area (Å²) >= 11 is 0. The molecule has 3 heteroatoms. The van der Waals surface area contributed by atoms with Gasteiger partial charge in [0.15, 0.2) is 0 Å². The van der Waals surface area contributed by atoms with Crippen molar-refractivity contribution in [2.45, 2.75) is 26.2 Å². The van der Waals surface area contributed by atoms with Gasteiger partial charge in [0.2, 0.25) is 5.78 Å². The summed E-state index contributed by atoms with van der Waals surface area (Å²) in [5, 5.41) is 8.16. The van der Waals surface area contributed by atoms with E-state index in [1.165, 1.54) is 0 Å². The summed E-state index contributed by atoms with van der Waals surface area (Å²) in [6.07, 6.45) is 5.33. The molecule has 0 aliphatic rings. The Morgan fingerprint density at radius 2 is 2.00 bits per heavy atom. The molecule has 0 aromatic carbocycles. The lowest BCUT2D eigenvalue weighted by atomic mass is 10.2. The Hall–Kier alpha value is -1.12. The molecule has 11 heavy (non-hydrogen) atoms. The lowest BCUT2D eigenvalue weighted by Crippen LogP contribution is -2.10. The average Bonchev–Trinajstić information content (AvgIpc) is 1.97. The summed E-state index contributed by atoms with van der Waals surface area (Å²) in [7, 11) is 0. The highest BCUT2D eigenvalue weighted by atomic mass is 16.4. The molecular weight excluding hydrogens is 144 g/mol. The van der Waals surface area contributed by atoms with Gasteiger partial charge in [-0.2, -0.15) is 0 Å². The summed E-state index contributed by atoms with van der Waals surface area (Å²) in [4.78, 5) is 20.4. The molecule has 0 radical (unpaired) electrons. The molecule has 0 spiro atoms. The molecule has 3 nitrogen and oxygen atoms in total. The highest BCUT2D eigenvalue weighted by molar-refractivity contribution is 6.33. The molecule has 0 unspecified atom stereocenters. The van der Waals surface area contributed by atoms with E-state index in [1.54, 1.807) is 6.08 Å². The van der Waals surface area contributed by atoms with Crippen LogP contribution in [0.1, 0.15) is 26.2 Å². The lowest BCUT2D eigenvalue weighted by molar-refractivity contribution is -0.148. The molecule has 0 bridgehead atoms. The zero-order valence-electron chi connectivity index (χ0n) is 6.54. The molecule has 0 aromatic heterocycles. The fourth-order valence-corrected chi connectivity index (χ4v) is 0.562. The van der Waals surface area contributed by atoms with Gasteiger partial charge in [-0.3, -0.25) is 4.79 Å². The van der Waals surface area contributed by atoms with Crippen molar-refractivity contribution in [2.24, 2.45) is 0 Å². The number of Topliss-reactive ketones (excluding diaryl/α,β-unsaturated/α-hetero) is 1. The molecule has 0 saturated heterocycles. The van der Waals surface area contributed by atoms with Gasteiger partial charge in [-0.1, -0.05) is 25.5 Å². The fourth-order valence-electron chi connectivity index (χ4n) is 0.562. The van der Waals surface area contributed by atoms with E-state index in [2.05, 4.69) is 0 Å². The maximum absolute atomic E-state index is 10.5. The van der Waals surface area contributed by atoms with Gasteiger partial charge >= 0.3 is 5.97 Å². The molecule has 0 saturated carbocycles. The van der Waals surface area contributed by atoms with Crippen molar-refractivity contribution in [2.75, 3.05) is 0 Å². The number of carbonyl (C=O) groups excluding carboxylic acids is 1. The van der Waals surface area contributed by atoms with E-state index in [0.717, 1.165) is 12.8 Å². The van der Waals surface area contributed by atoms with Crippen molar-refractivity contribution < 1.29 is 14.7 Å². The zero-order valence-corrected chi connectivity index (χ0v) is 6.54. The molecule has 0 aromatic rings. The Balaban J connectivity index is 3.53. The molecule has 62 valence electrons. The summed E-state index contributed by atoms with van der Waals surface area (Å²) < 4.78 is 0. The number of hydrogen-bond donors (Lipinski definition) is 1. The van der Waals surface area contributed by atoms with Crippen LogP contribution in [0, 0.1) is 0 Å². The van der Waals surface area contributed by atoms with Crippen LogP contribution in [0.15, 0.2) is 12.2 Å². The van der Waals surface area contributed by atoms with Gasteiger partial charge < -0.3 is 5.11 Å². The summed E-state index contributed by atoms with van der Waals surface area (Å²) in [5.74, 6) is -2.11. The minimum absolute atomic E-state index is 0.00926. The Kier molecular flexibility index (Phi) is 5.07. The average molecular weight is 156 g/mol. The Labute approximate surface area is 65.7 Å². The normalized spacial score (nSPS) is 10.3. The number of allylic oxidation sites excluding steroid dienone is 2. The molecular formula is C8H12O3. The third-order valence-electron chi connectivity index (χ3n) is 1.16. The Bertz CT molecular complexity index is 170. The second-order valence-electron chi connectivity index (χ2n) is 2.19. The van der Waals surface area contributed by atoms with Crippen LogP contribution in [0.5, 0.6) is 0 Å². The minimum atomic E-state index is -1.36. The molecule has 0 aliphatic carbocycles. The lowest BCUT2D eigenvalue weighted by Gasteiger charge is -1.86.